The molecule has 2 aromatic heterocycles. The van der Waals surface area contributed by atoms with Gasteiger partial charge >= 0.3 is 0 Å². The number of ether oxygens (including phenoxy) is 1. The molecule has 0 aliphatic heterocycles. The highest BCUT2D eigenvalue weighted by Gasteiger charge is 2.17. The molecule has 10 heteroatoms. The van der Waals surface area contributed by atoms with E-state index >= 15 is 0 Å². The van der Waals surface area contributed by atoms with Crippen molar-refractivity contribution in [1.82, 2.24) is 10.3 Å². The van der Waals surface area contributed by atoms with E-state index in [2.05, 4.69) is 31.0 Å². The molecule has 0 fully saturated rings. The normalized spacial score (nSPS) is 11.3. The van der Waals surface area contributed by atoms with Crippen molar-refractivity contribution in [1.29, 1.82) is 0 Å². The SMILES string of the molecule is CC(C)NC(=O)c1ccc(Oc2ccc(NS(=O)(=O)c3ccc(Br)s3)cn2)cc1. The van der Waals surface area contributed by atoms with Crippen molar-refractivity contribution in [2.45, 2.75) is 24.1 Å². The van der Waals surface area contributed by atoms with Gasteiger partial charge in [0.1, 0.15) is 9.96 Å². The van der Waals surface area contributed by atoms with E-state index in [1.807, 2.05) is 13.8 Å². The zero-order valence-electron chi connectivity index (χ0n) is 15.5. The standard InChI is InChI=1S/C19H18BrN3O4S2/c1-12(2)22-19(24)13-3-6-15(7-4-13)27-17-9-5-14(11-21-17)23-29(25,26)18-10-8-16(20)28-18/h3-12,23H,1-2H3,(H,22,24). The van der Waals surface area contributed by atoms with E-state index in [1.165, 1.54) is 12.3 Å². The quantitative estimate of drug-likeness (QED) is 0.497. The number of thiophene rings is 1. The van der Waals surface area contributed by atoms with Gasteiger partial charge in [0.2, 0.25) is 5.88 Å². The van der Waals surface area contributed by atoms with E-state index in [4.69, 9.17) is 4.74 Å². The summed E-state index contributed by atoms with van der Waals surface area (Å²) in [5.41, 5.74) is 0.853. The van der Waals surface area contributed by atoms with Crippen LogP contribution in [0.3, 0.4) is 0 Å². The zero-order valence-corrected chi connectivity index (χ0v) is 18.8. The zero-order chi connectivity index (χ0) is 21.0. The van der Waals surface area contributed by atoms with E-state index in [1.54, 1.807) is 42.5 Å². The minimum absolute atomic E-state index is 0.0555. The Kier molecular flexibility index (Phi) is 6.56. The number of sulfonamides is 1. The highest BCUT2D eigenvalue weighted by atomic mass is 79.9. The largest absolute Gasteiger partial charge is 0.439 e. The highest BCUT2D eigenvalue weighted by Crippen LogP contribution is 2.28. The molecule has 0 atom stereocenters. The van der Waals surface area contributed by atoms with Crippen LogP contribution >= 0.6 is 27.3 Å². The molecule has 29 heavy (non-hydrogen) atoms. The second-order valence-corrected chi connectivity index (χ2v) is 10.7. The van der Waals surface area contributed by atoms with Crippen LogP contribution in [-0.4, -0.2) is 25.4 Å². The number of anilines is 1. The van der Waals surface area contributed by atoms with Crippen LogP contribution in [-0.2, 0) is 10.0 Å². The van der Waals surface area contributed by atoms with Crippen molar-refractivity contribution in [2.24, 2.45) is 0 Å². The fourth-order valence-electron chi connectivity index (χ4n) is 2.29. The molecule has 152 valence electrons. The first-order chi connectivity index (χ1) is 13.7. The number of halogens is 1. The van der Waals surface area contributed by atoms with E-state index in [0.29, 0.717) is 22.9 Å². The summed E-state index contributed by atoms with van der Waals surface area (Å²) in [5, 5.41) is 2.82. The summed E-state index contributed by atoms with van der Waals surface area (Å²) in [5.74, 6) is 0.653. The summed E-state index contributed by atoms with van der Waals surface area (Å²) in [6.45, 7) is 3.79. The van der Waals surface area contributed by atoms with E-state index in [9.17, 15) is 13.2 Å². The third kappa shape index (κ3) is 5.78. The summed E-state index contributed by atoms with van der Waals surface area (Å²) < 4.78 is 33.7. The Bertz CT molecular complexity index is 1100. The van der Waals surface area contributed by atoms with Gasteiger partial charge in [-0.3, -0.25) is 9.52 Å². The third-order valence-electron chi connectivity index (χ3n) is 3.56. The summed E-state index contributed by atoms with van der Waals surface area (Å²) >= 11 is 4.37. The Hall–Kier alpha value is -2.43. The maximum Gasteiger partial charge on any atom is 0.271 e. The molecular weight excluding hydrogens is 478 g/mol. The molecule has 1 amide bonds. The number of nitrogens with one attached hydrogen (secondary N) is 2. The fraction of sp³-hybridized carbons (Fsp3) is 0.158. The molecule has 0 aliphatic rings. The van der Waals surface area contributed by atoms with Crippen LogP contribution in [0.5, 0.6) is 11.6 Å². The number of hydrogen-bond donors (Lipinski definition) is 2. The van der Waals surface area contributed by atoms with Crippen LogP contribution in [0, 0.1) is 0 Å². The number of aromatic nitrogens is 1. The molecule has 0 unspecified atom stereocenters. The molecule has 0 radical (unpaired) electrons. The Morgan fingerprint density at radius 3 is 2.38 bits per heavy atom. The van der Waals surface area contributed by atoms with Crippen molar-refractivity contribution in [3.8, 4) is 11.6 Å². The molecule has 1 aromatic carbocycles. The van der Waals surface area contributed by atoms with Crippen molar-refractivity contribution < 1.29 is 17.9 Å². The molecule has 3 aromatic rings. The second-order valence-electron chi connectivity index (χ2n) is 6.30. The number of amides is 1. The summed E-state index contributed by atoms with van der Waals surface area (Å²) in [4.78, 5) is 16.1. The Morgan fingerprint density at radius 2 is 1.83 bits per heavy atom. The number of nitrogens with zero attached hydrogens (tertiary/aromatic N) is 1. The van der Waals surface area contributed by atoms with Gasteiger partial charge in [0.15, 0.2) is 0 Å². The Morgan fingerprint density at radius 1 is 1.10 bits per heavy atom. The van der Waals surface area contributed by atoms with Gasteiger partial charge in [-0.15, -0.1) is 11.3 Å². The van der Waals surface area contributed by atoms with Gasteiger partial charge in [-0.05, 0) is 72.2 Å². The minimum Gasteiger partial charge on any atom is -0.439 e. The summed E-state index contributed by atoms with van der Waals surface area (Å²) in [6.07, 6.45) is 1.37. The van der Waals surface area contributed by atoms with Gasteiger partial charge in [-0.1, -0.05) is 0 Å². The smallest absolute Gasteiger partial charge is 0.271 e. The summed E-state index contributed by atoms with van der Waals surface area (Å²) in [7, 11) is -3.67. The molecular formula is C19H18BrN3O4S2. The maximum atomic E-state index is 12.3. The third-order valence-corrected chi connectivity index (χ3v) is 7.06. The molecule has 7 nitrogen and oxygen atoms in total. The molecule has 0 aliphatic carbocycles. The van der Waals surface area contributed by atoms with Crippen LogP contribution in [0.1, 0.15) is 24.2 Å². The van der Waals surface area contributed by atoms with Gasteiger partial charge < -0.3 is 10.1 Å². The first-order valence-corrected chi connectivity index (χ1v) is 11.7. The Balaban J connectivity index is 1.64. The first kappa shape index (κ1) is 21.3. The van der Waals surface area contributed by atoms with Crippen LogP contribution in [0.15, 0.2) is 62.7 Å². The lowest BCUT2D eigenvalue weighted by Gasteiger charge is -2.10. The number of benzene rings is 1. The molecule has 0 spiro atoms. The van der Waals surface area contributed by atoms with E-state index < -0.39 is 10.0 Å². The van der Waals surface area contributed by atoms with Gasteiger partial charge in [0, 0.05) is 17.7 Å². The van der Waals surface area contributed by atoms with Crippen LogP contribution < -0.4 is 14.8 Å². The van der Waals surface area contributed by atoms with Crippen molar-refractivity contribution in [3.05, 3.63) is 64.1 Å². The van der Waals surface area contributed by atoms with Crippen molar-refractivity contribution in [2.75, 3.05) is 4.72 Å². The van der Waals surface area contributed by atoms with Crippen molar-refractivity contribution >= 4 is 48.9 Å². The number of carbonyl (C=O) groups excluding carboxylic acids is 1. The average molecular weight is 496 g/mol. The van der Waals surface area contributed by atoms with Crippen LogP contribution in [0.2, 0.25) is 0 Å². The number of hydrogen-bond acceptors (Lipinski definition) is 6. The van der Waals surface area contributed by atoms with Gasteiger partial charge in [-0.2, -0.15) is 0 Å². The topological polar surface area (TPSA) is 97.4 Å². The average Bonchev–Trinajstić information content (AvgIpc) is 3.11. The lowest BCUT2D eigenvalue weighted by molar-refractivity contribution is 0.0943. The number of pyridine rings is 1. The lowest BCUT2D eigenvalue weighted by Crippen LogP contribution is -2.29. The van der Waals surface area contributed by atoms with E-state index in [0.717, 1.165) is 15.1 Å². The second kappa shape index (κ2) is 8.93. The van der Waals surface area contributed by atoms with Crippen LogP contribution in [0.4, 0.5) is 5.69 Å². The molecule has 0 bridgehead atoms. The lowest BCUT2D eigenvalue weighted by atomic mass is 10.2. The first-order valence-electron chi connectivity index (χ1n) is 8.56. The minimum atomic E-state index is -3.67. The Labute approximate surface area is 181 Å². The van der Waals surface area contributed by atoms with Gasteiger partial charge in [0.05, 0.1) is 15.7 Å². The van der Waals surface area contributed by atoms with Gasteiger partial charge in [-0.25, -0.2) is 13.4 Å². The van der Waals surface area contributed by atoms with Gasteiger partial charge in [0.25, 0.3) is 15.9 Å². The molecule has 3 rings (SSSR count). The number of rotatable bonds is 7. The fourth-order valence-corrected chi connectivity index (χ4v) is 5.34. The number of carbonyl (C=O) groups is 1. The highest BCUT2D eigenvalue weighted by molar-refractivity contribution is 9.11. The van der Waals surface area contributed by atoms with Crippen molar-refractivity contribution in [3.63, 3.8) is 0 Å². The molecule has 0 saturated heterocycles. The predicted molar refractivity (Wildman–Crippen MR) is 116 cm³/mol. The maximum absolute atomic E-state index is 12.3. The molecule has 0 saturated carbocycles. The summed E-state index contributed by atoms with van der Waals surface area (Å²) in [6, 6.07) is 13.0. The molecule has 2 heterocycles. The molecule has 2 N–H and O–H groups in total. The predicted octanol–water partition coefficient (Wildman–Crippen LogP) is 4.64. The monoisotopic (exact) mass is 495 g/mol. The van der Waals surface area contributed by atoms with Crippen LogP contribution in [0.25, 0.3) is 0 Å². The van der Waals surface area contributed by atoms with E-state index in [-0.39, 0.29) is 16.2 Å².